The van der Waals surface area contributed by atoms with Crippen molar-refractivity contribution in [1.82, 2.24) is 0 Å². The van der Waals surface area contributed by atoms with Crippen LogP contribution in [0.4, 0.5) is 5.69 Å². The summed E-state index contributed by atoms with van der Waals surface area (Å²) in [6, 6.07) is 17.5. The molecule has 0 radical (unpaired) electrons. The molecule has 16 heavy (non-hydrogen) atoms. The molecule has 0 aliphatic heterocycles. The van der Waals surface area contributed by atoms with Gasteiger partial charge in [-0.15, -0.1) is 0 Å². The molecule has 0 spiro atoms. The van der Waals surface area contributed by atoms with Gasteiger partial charge in [0.15, 0.2) is 6.40 Å². The third kappa shape index (κ3) is 2.95. The topological polar surface area (TPSA) is 21.6 Å². The van der Waals surface area contributed by atoms with E-state index in [2.05, 4.69) is 4.99 Å². The third-order valence-electron chi connectivity index (χ3n) is 2.17. The summed E-state index contributed by atoms with van der Waals surface area (Å²) in [6.45, 7) is 2.05. The molecule has 0 amide bonds. The average Bonchev–Trinajstić information content (AvgIpc) is 2.33. The summed E-state index contributed by atoms with van der Waals surface area (Å²) in [5.74, 6) is 0.790. The minimum Gasteiger partial charge on any atom is -0.446 e. The Bertz CT molecular complexity index is 460. The first-order valence-corrected chi connectivity index (χ1v) is 5.15. The highest BCUT2D eigenvalue weighted by atomic mass is 16.5. The summed E-state index contributed by atoms with van der Waals surface area (Å²) < 4.78 is 5.35. The van der Waals surface area contributed by atoms with Crippen LogP contribution in [-0.4, -0.2) is 6.40 Å². The Morgan fingerprint density at radius 3 is 2.31 bits per heavy atom. The van der Waals surface area contributed by atoms with E-state index in [4.69, 9.17) is 4.74 Å². The molecule has 2 aromatic rings. The quantitative estimate of drug-likeness (QED) is 0.560. The van der Waals surface area contributed by atoms with Gasteiger partial charge in [0.25, 0.3) is 0 Å². The van der Waals surface area contributed by atoms with Crippen LogP contribution in [0.2, 0.25) is 0 Å². The van der Waals surface area contributed by atoms with Crippen LogP contribution in [0, 0.1) is 6.92 Å². The van der Waals surface area contributed by atoms with E-state index in [0.29, 0.717) is 0 Å². The molecule has 2 heteroatoms. The Morgan fingerprint density at radius 1 is 0.938 bits per heavy atom. The maximum absolute atomic E-state index is 5.35. The highest BCUT2D eigenvalue weighted by Crippen LogP contribution is 2.12. The molecular formula is C14H13NO. The predicted octanol–water partition coefficient (Wildman–Crippen LogP) is 3.73. The van der Waals surface area contributed by atoms with Gasteiger partial charge in [-0.3, -0.25) is 0 Å². The lowest BCUT2D eigenvalue weighted by Gasteiger charge is -1.98. The fourth-order valence-electron chi connectivity index (χ4n) is 1.28. The molecule has 2 nitrogen and oxygen atoms in total. The van der Waals surface area contributed by atoms with Gasteiger partial charge in [0.05, 0.1) is 5.69 Å². The standard InChI is InChI=1S/C14H13NO/c1-12-7-9-13(10-8-12)15-11-16-14-5-3-2-4-6-14/h2-11H,1H3. The van der Waals surface area contributed by atoms with Crippen LogP contribution in [0.3, 0.4) is 0 Å². The molecule has 0 saturated heterocycles. The van der Waals surface area contributed by atoms with E-state index in [0.717, 1.165) is 11.4 Å². The highest BCUT2D eigenvalue weighted by Gasteiger charge is 1.89. The van der Waals surface area contributed by atoms with Crippen LogP contribution in [0.25, 0.3) is 0 Å². The molecule has 0 bridgehead atoms. The predicted molar refractivity (Wildman–Crippen MR) is 66.4 cm³/mol. The molecule has 2 aromatic carbocycles. The van der Waals surface area contributed by atoms with E-state index >= 15 is 0 Å². The Morgan fingerprint density at radius 2 is 1.62 bits per heavy atom. The second-order valence-electron chi connectivity index (χ2n) is 3.50. The molecule has 0 fully saturated rings. The van der Waals surface area contributed by atoms with Crippen molar-refractivity contribution in [2.45, 2.75) is 6.92 Å². The Kier molecular flexibility index (Phi) is 3.34. The van der Waals surface area contributed by atoms with Crippen molar-refractivity contribution in [2.24, 2.45) is 4.99 Å². The van der Waals surface area contributed by atoms with Crippen molar-refractivity contribution in [1.29, 1.82) is 0 Å². The van der Waals surface area contributed by atoms with Gasteiger partial charge < -0.3 is 4.74 Å². The van der Waals surface area contributed by atoms with E-state index in [9.17, 15) is 0 Å². The van der Waals surface area contributed by atoms with Crippen LogP contribution in [-0.2, 0) is 0 Å². The normalized spacial score (nSPS) is 10.6. The number of hydrogen-bond acceptors (Lipinski definition) is 2. The minimum atomic E-state index is 0.790. The first kappa shape index (κ1) is 10.4. The second kappa shape index (κ2) is 5.12. The van der Waals surface area contributed by atoms with Crippen LogP contribution >= 0.6 is 0 Å². The van der Waals surface area contributed by atoms with Gasteiger partial charge in [-0.1, -0.05) is 35.9 Å². The maximum Gasteiger partial charge on any atom is 0.181 e. The van der Waals surface area contributed by atoms with E-state index in [-0.39, 0.29) is 0 Å². The smallest absolute Gasteiger partial charge is 0.181 e. The number of nitrogens with zero attached hydrogens (tertiary/aromatic N) is 1. The highest BCUT2D eigenvalue weighted by molar-refractivity contribution is 5.58. The molecule has 0 aliphatic rings. The third-order valence-corrected chi connectivity index (χ3v) is 2.17. The average molecular weight is 211 g/mol. The summed E-state index contributed by atoms with van der Waals surface area (Å²) in [7, 11) is 0. The molecule has 0 atom stereocenters. The summed E-state index contributed by atoms with van der Waals surface area (Å²) >= 11 is 0. The van der Waals surface area contributed by atoms with E-state index in [1.165, 1.54) is 12.0 Å². The first-order chi connectivity index (χ1) is 7.84. The monoisotopic (exact) mass is 211 g/mol. The van der Waals surface area contributed by atoms with Crippen molar-refractivity contribution < 1.29 is 4.74 Å². The van der Waals surface area contributed by atoms with Crippen molar-refractivity contribution >= 4 is 12.1 Å². The zero-order valence-corrected chi connectivity index (χ0v) is 9.13. The van der Waals surface area contributed by atoms with Crippen molar-refractivity contribution in [2.75, 3.05) is 0 Å². The van der Waals surface area contributed by atoms with Crippen LogP contribution in [0.5, 0.6) is 5.75 Å². The Balaban J connectivity index is 1.98. The Hall–Kier alpha value is -2.09. The maximum atomic E-state index is 5.35. The van der Waals surface area contributed by atoms with Gasteiger partial charge in [0.2, 0.25) is 0 Å². The zero-order valence-electron chi connectivity index (χ0n) is 9.13. The lowest BCUT2D eigenvalue weighted by Crippen LogP contribution is -1.87. The SMILES string of the molecule is Cc1ccc(N=COc2ccccc2)cc1. The molecule has 0 N–H and O–H groups in total. The molecule has 0 aliphatic carbocycles. The largest absolute Gasteiger partial charge is 0.446 e. The van der Waals surface area contributed by atoms with Gasteiger partial charge in [-0.2, -0.15) is 0 Å². The molecule has 0 unspecified atom stereocenters. The van der Waals surface area contributed by atoms with E-state index in [1.54, 1.807) is 0 Å². The summed E-state index contributed by atoms with van der Waals surface area (Å²) in [5, 5.41) is 0. The summed E-state index contributed by atoms with van der Waals surface area (Å²) in [5.41, 5.74) is 2.12. The van der Waals surface area contributed by atoms with Crippen LogP contribution in [0.1, 0.15) is 5.56 Å². The van der Waals surface area contributed by atoms with Crippen molar-refractivity contribution in [3.05, 3.63) is 60.2 Å². The lowest BCUT2D eigenvalue weighted by atomic mass is 10.2. The number of para-hydroxylation sites is 1. The fourth-order valence-corrected chi connectivity index (χ4v) is 1.28. The second-order valence-corrected chi connectivity index (χ2v) is 3.50. The number of aryl methyl sites for hydroxylation is 1. The molecule has 2 rings (SSSR count). The van der Waals surface area contributed by atoms with Gasteiger partial charge in [-0.05, 0) is 31.2 Å². The van der Waals surface area contributed by atoms with E-state index in [1.807, 2.05) is 61.5 Å². The zero-order chi connectivity index (χ0) is 11.2. The number of benzene rings is 2. The number of aliphatic imine (C=N–C) groups is 1. The minimum absolute atomic E-state index is 0.790. The molecule has 0 heterocycles. The van der Waals surface area contributed by atoms with Gasteiger partial charge in [0, 0.05) is 0 Å². The molecular weight excluding hydrogens is 198 g/mol. The van der Waals surface area contributed by atoms with Crippen molar-refractivity contribution in [3.8, 4) is 5.75 Å². The number of hydrogen-bond donors (Lipinski definition) is 0. The number of ether oxygens (including phenoxy) is 1. The van der Waals surface area contributed by atoms with Crippen LogP contribution < -0.4 is 4.74 Å². The van der Waals surface area contributed by atoms with Crippen LogP contribution in [0.15, 0.2) is 59.6 Å². The molecule has 80 valence electrons. The molecule has 0 saturated carbocycles. The first-order valence-electron chi connectivity index (χ1n) is 5.15. The van der Waals surface area contributed by atoms with Crippen molar-refractivity contribution in [3.63, 3.8) is 0 Å². The lowest BCUT2D eigenvalue weighted by molar-refractivity contribution is 0.574. The fraction of sp³-hybridized carbons (Fsp3) is 0.0714. The van der Waals surface area contributed by atoms with E-state index < -0.39 is 0 Å². The number of rotatable bonds is 3. The summed E-state index contributed by atoms with van der Waals surface area (Å²) in [6.07, 6.45) is 1.46. The van der Waals surface area contributed by atoms with Gasteiger partial charge in [0.1, 0.15) is 5.75 Å². The Labute approximate surface area is 95.2 Å². The summed E-state index contributed by atoms with van der Waals surface area (Å²) in [4.78, 5) is 4.20. The van der Waals surface area contributed by atoms with Gasteiger partial charge >= 0.3 is 0 Å². The molecule has 0 aromatic heterocycles. The van der Waals surface area contributed by atoms with Gasteiger partial charge in [-0.25, -0.2) is 4.99 Å².